The maximum Gasteiger partial charge on any atom is 0.322 e. The number of rotatable bonds is 8. The van der Waals surface area contributed by atoms with E-state index in [-0.39, 0.29) is 36.9 Å². The minimum Gasteiger partial charge on any atom is -0.457 e. The topological polar surface area (TPSA) is 82.2 Å². The molecule has 4 amide bonds. The molecule has 8 heteroatoms. The Balaban J connectivity index is 1.50. The van der Waals surface area contributed by atoms with Gasteiger partial charge in [0.25, 0.3) is 5.91 Å². The summed E-state index contributed by atoms with van der Waals surface area (Å²) in [4.78, 5) is 46.0. The van der Waals surface area contributed by atoms with E-state index in [2.05, 4.69) is 11.9 Å². The minimum absolute atomic E-state index is 0.0185. The fourth-order valence-electron chi connectivity index (χ4n) is 5.60. The van der Waals surface area contributed by atoms with E-state index >= 15 is 0 Å². The molecule has 0 aliphatic carbocycles. The van der Waals surface area contributed by atoms with Gasteiger partial charge < -0.3 is 19.9 Å². The summed E-state index contributed by atoms with van der Waals surface area (Å²) in [6.07, 6.45) is 3.60. The van der Waals surface area contributed by atoms with Crippen LogP contribution in [0.15, 0.2) is 78.5 Å². The number of carbonyl (C=O) groups is 3. The molecule has 0 bridgehead atoms. The van der Waals surface area contributed by atoms with Gasteiger partial charge in [0.1, 0.15) is 17.5 Å². The summed E-state index contributed by atoms with van der Waals surface area (Å²) in [5.74, 6) is 0.976. The number of nitrogens with zero attached hydrogens (tertiary/aromatic N) is 3. The van der Waals surface area contributed by atoms with E-state index in [1.807, 2.05) is 73.3 Å². The second-order valence-electron chi connectivity index (χ2n) is 10.3. The van der Waals surface area contributed by atoms with Crippen LogP contribution in [-0.2, 0) is 9.59 Å². The number of urea groups is 1. The molecule has 1 saturated heterocycles. The molecule has 3 heterocycles. The van der Waals surface area contributed by atoms with Crippen LogP contribution in [-0.4, -0.2) is 64.8 Å². The van der Waals surface area contributed by atoms with Crippen LogP contribution in [0, 0.1) is 5.92 Å². The number of hydrogen-bond acceptors (Lipinski definition) is 4. The van der Waals surface area contributed by atoms with Gasteiger partial charge >= 0.3 is 6.03 Å². The van der Waals surface area contributed by atoms with Crippen molar-refractivity contribution in [3.05, 3.63) is 84.1 Å². The Kier molecular flexibility index (Phi) is 7.22. The Morgan fingerprint density at radius 2 is 1.79 bits per heavy atom. The van der Waals surface area contributed by atoms with Gasteiger partial charge in [-0.05, 0) is 48.6 Å². The molecule has 0 radical (unpaired) electrons. The Morgan fingerprint density at radius 3 is 2.47 bits per heavy atom. The highest BCUT2D eigenvalue weighted by Gasteiger charge is 2.48. The van der Waals surface area contributed by atoms with Gasteiger partial charge in [-0.2, -0.15) is 0 Å². The molecule has 0 saturated carbocycles. The van der Waals surface area contributed by atoms with Crippen molar-refractivity contribution in [2.45, 2.75) is 38.8 Å². The van der Waals surface area contributed by atoms with Gasteiger partial charge in [-0.15, -0.1) is 6.58 Å². The van der Waals surface area contributed by atoms with Gasteiger partial charge in [0, 0.05) is 19.6 Å². The monoisotopic (exact) mass is 514 g/mol. The quantitative estimate of drug-likeness (QED) is 0.527. The zero-order chi connectivity index (χ0) is 26.8. The first kappa shape index (κ1) is 25.6. The zero-order valence-electron chi connectivity index (χ0n) is 21.9. The van der Waals surface area contributed by atoms with Crippen LogP contribution < -0.4 is 10.1 Å². The maximum atomic E-state index is 14.1. The van der Waals surface area contributed by atoms with Crippen molar-refractivity contribution in [2.75, 3.05) is 26.2 Å². The first-order valence-corrected chi connectivity index (χ1v) is 13.2. The summed E-state index contributed by atoms with van der Waals surface area (Å²) in [6, 6.07) is 15.3. The number of nitrogens with one attached hydrogen (secondary N) is 1. The molecule has 2 atom stereocenters. The van der Waals surface area contributed by atoms with Crippen LogP contribution in [0.3, 0.4) is 0 Å². The average molecular weight is 515 g/mol. The van der Waals surface area contributed by atoms with Crippen molar-refractivity contribution in [3.63, 3.8) is 0 Å². The Bertz CT molecular complexity index is 1270. The molecular weight excluding hydrogens is 480 g/mol. The predicted octanol–water partition coefficient (Wildman–Crippen LogP) is 4.47. The second-order valence-corrected chi connectivity index (χ2v) is 10.3. The summed E-state index contributed by atoms with van der Waals surface area (Å²) >= 11 is 0. The number of hydrogen-bond donors (Lipinski definition) is 1. The van der Waals surface area contributed by atoms with Crippen LogP contribution in [0.4, 0.5) is 4.79 Å². The van der Waals surface area contributed by atoms with Gasteiger partial charge in [0.2, 0.25) is 5.91 Å². The van der Waals surface area contributed by atoms with Gasteiger partial charge in [-0.1, -0.05) is 50.3 Å². The maximum absolute atomic E-state index is 14.1. The lowest BCUT2D eigenvalue weighted by molar-refractivity contribution is -0.144. The van der Waals surface area contributed by atoms with Gasteiger partial charge in [-0.25, -0.2) is 4.79 Å². The van der Waals surface area contributed by atoms with Crippen LogP contribution in [0.5, 0.6) is 11.5 Å². The third-order valence-corrected chi connectivity index (χ3v) is 7.37. The van der Waals surface area contributed by atoms with Gasteiger partial charge in [0.05, 0.1) is 23.9 Å². The van der Waals surface area contributed by atoms with Crippen LogP contribution in [0.1, 0.15) is 38.3 Å². The van der Waals surface area contributed by atoms with Crippen LogP contribution >= 0.6 is 0 Å². The fourth-order valence-corrected chi connectivity index (χ4v) is 5.60. The number of para-hydroxylation sites is 1. The van der Waals surface area contributed by atoms with E-state index in [4.69, 9.17) is 4.74 Å². The highest BCUT2D eigenvalue weighted by atomic mass is 16.5. The molecule has 0 unspecified atom stereocenters. The average Bonchev–Trinajstić information content (AvgIpc) is 3.56. The third-order valence-electron chi connectivity index (χ3n) is 7.37. The number of ether oxygens (including phenoxy) is 1. The highest BCUT2D eigenvalue weighted by molar-refractivity contribution is 6.03. The van der Waals surface area contributed by atoms with E-state index in [1.165, 1.54) is 0 Å². The third kappa shape index (κ3) is 4.78. The fraction of sp³-hybridized carbons (Fsp3) is 0.367. The molecule has 1 N–H and O–H groups in total. The van der Waals surface area contributed by atoms with E-state index in [1.54, 1.807) is 15.9 Å². The van der Waals surface area contributed by atoms with Crippen molar-refractivity contribution in [1.29, 1.82) is 0 Å². The molecule has 38 heavy (non-hydrogen) atoms. The lowest BCUT2D eigenvalue weighted by atomic mass is 9.95. The normalized spacial score (nSPS) is 20.1. The first-order chi connectivity index (χ1) is 18.4. The molecule has 2 aromatic rings. The predicted molar refractivity (Wildman–Crippen MR) is 144 cm³/mol. The minimum atomic E-state index is -0.662. The smallest absolute Gasteiger partial charge is 0.322 e. The molecule has 198 valence electrons. The number of amides is 4. The second kappa shape index (κ2) is 10.7. The Morgan fingerprint density at radius 1 is 1.08 bits per heavy atom. The molecule has 3 aliphatic rings. The summed E-state index contributed by atoms with van der Waals surface area (Å²) in [5, 5.41) is 3.02. The lowest BCUT2D eigenvalue weighted by Crippen LogP contribution is -2.52. The Labute approximate surface area is 223 Å². The number of benzene rings is 2. The lowest BCUT2D eigenvalue weighted by Gasteiger charge is -2.33. The largest absolute Gasteiger partial charge is 0.457 e. The van der Waals surface area contributed by atoms with Crippen molar-refractivity contribution >= 4 is 17.8 Å². The van der Waals surface area contributed by atoms with Crippen molar-refractivity contribution in [3.8, 4) is 11.5 Å². The summed E-state index contributed by atoms with van der Waals surface area (Å²) in [6.45, 7) is 9.64. The highest BCUT2D eigenvalue weighted by Crippen LogP contribution is 2.39. The zero-order valence-corrected chi connectivity index (χ0v) is 21.9. The first-order valence-electron chi connectivity index (χ1n) is 13.2. The van der Waals surface area contributed by atoms with Crippen molar-refractivity contribution in [2.24, 2.45) is 5.92 Å². The Hall–Kier alpha value is -4.07. The SMILES string of the molecule is C=CCN1C(=O)N[C@@H](c2cccc(Oc3ccccc3)c2)C2=C1CN([C@H](C(=O)N1CCCC1)C(C)C)C2=O. The molecular formula is C30H34N4O4. The molecule has 5 rings (SSSR count). The summed E-state index contributed by atoms with van der Waals surface area (Å²) in [5.41, 5.74) is 1.85. The summed E-state index contributed by atoms with van der Waals surface area (Å²) in [7, 11) is 0. The standard InChI is InChI=1S/C30H34N4O4/c1-4-15-33-24-19-34(27(20(2)3)29(36)32-16-8-9-17-32)28(35)25(24)26(31-30(33)37)21-11-10-14-23(18-21)38-22-12-6-5-7-13-22/h4-7,10-14,18,20,26-27H,1,8-9,15-17,19H2,2-3H3,(H,31,37)/t26-,27-/m0/s1. The van der Waals surface area contributed by atoms with E-state index in [9.17, 15) is 14.4 Å². The van der Waals surface area contributed by atoms with E-state index < -0.39 is 12.1 Å². The molecule has 2 aromatic carbocycles. The summed E-state index contributed by atoms with van der Waals surface area (Å²) < 4.78 is 6.02. The van der Waals surface area contributed by atoms with Crippen LogP contribution in [0.25, 0.3) is 0 Å². The van der Waals surface area contributed by atoms with Crippen molar-refractivity contribution < 1.29 is 19.1 Å². The molecule has 1 fully saturated rings. The number of likely N-dealkylation sites (tertiary alicyclic amines) is 1. The molecule has 8 nitrogen and oxygen atoms in total. The number of carbonyl (C=O) groups excluding carboxylic acids is 3. The van der Waals surface area contributed by atoms with E-state index in [0.29, 0.717) is 22.8 Å². The van der Waals surface area contributed by atoms with E-state index in [0.717, 1.165) is 31.5 Å². The molecule has 0 aromatic heterocycles. The molecule has 0 spiro atoms. The van der Waals surface area contributed by atoms with Crippen LogP contribution in [0.2, 0.25) is 0 Å². The van der Waals surface area contributed by atoms with Crippen molar-refractivity contribution in [1.82, 2.24) is 20.0 Å². The van der Waals surface area contributed by atoms with Gasteiger partial charge in [0.15, 0.2) is 0 Å². The van der Waals surface area contributed by atoms with Gasteiger partial charge in [-0.3, -0.25) is 14.5 Å². The molecule has 3 aliphatic heterocycles.